The SMILES string of the molecule is c1ccc(-c2noc(CCOC3CCNCC3)n2)nc1. The Labute approximate surface area is 117 Å². The monoisotopic (exact) mass is 274 g/mol. The lowest BCUT2D eigenvalue weighted by molar-refractivity contribution is 0.0322. The minimum Gasteiger partial charge on any atom is -0.378 e. The molecule has 0 atom stereocenters. The molecule has 1 fully saturated rings. The molecular formula is C14H18N4O2. The molecule has 0 unspecified atom stereocenters. The molecule has 0 radical (unpaired) electrons. The molecule has 3 heterocycles. The molecule has 0 aromatic carbocycles. The highest BCUT2D eigenvalue weighted by molar-refractivity contribution is 5.46. The van der Waals surface area contributed by atoms with Crippen LogP contribution >= 0.6 is 0 Å². The van der Waals surface area contributed by atoms with E-state index in [1.54, 1.807) is 6.20 Å². The fourth-order valence-corrected chi connectivity index (χ4v) is 2.23. The van der Waals surface area contributed by atoms with Gasteiger partial charge < -0.3 is 14.6 Å². The van der Waals surface area contributed by atoms with Crippen molar-refractivity contribution < 1.29 is 9.26 Å². The third kappa shape index (κ3) is 3.40. The summed E-state index contributed by atoms with van der Waals surface area (Å²) in [5.74, 6) is 1.13. The maximum Gasteiger partial charge on any atom is 0.229 e. The molecule has 6 heteroatoms. The van der Waals surface area contributed by atoms with Crippen LogP contribution in [0.1, 0.15) is 18.7 Å². The van der Waals surface area contributed by atoms with E-state index in [2.05, 4.69) is 20.4 Å². The summed E-state index contributed by atoms with van der Waals surface area (Å²) in [5.41, 5.74) is 0.724. The molecule has 20 heavy (non-hydrogen) atoms. The fraction of sp³-hybridized carbons (Fsp3) is 0.500. The van der Waals surface area contributed by atoms with Gasteiger partial charge in [0.25, 0.3) is 0 Å². The third-order valence-corrected chi connectivity index (χ3v) is 3.32. The Hall–Kier alpha value is -1.79. The predicted molar refractivity (Wildman–Crippen MR) is 73.1 cm³/mol. The van der Waals surface area contributed by atoms with E-state index in [0.29, 0.717) is 30.8 Å². The van der Waals surface area contributed by atoms with Crippen molar-refractivity contribution in [2.24, 2.45) is 0 Å². The first-order valence-electron chi connectivity index (χ1n) is 6.98. The van der Waals surface area contributed by atoms with E-state index in [1.165, 1.54) is 0 Å². The van der Waals surface area contributed by atoms with Gasteiger partial charge in [0, 0.05) is 6.20 Å². The van der Waals surface area contributed by atoms with Crippen LogP contribution in [-0.2, 0) is 11.2 Å². The second-order valence-electron chi connectivity index (χ2n) is 4.80. The number of aromatic nitrogens is 3. The van der Waals surface area contributed by atoms with E-state index in [0.717, 1.165) is 31.6 Å². The Bertz CT molecular complexity index is 523. The molecule has 106 valence electrons. The zero-order valence-electron chi connectivity index (χ0n) is 11.3. The number of piperidine rings is 1. The zero-order valence-corrected chi connectivity index (χ0v) is 11.3. The van der Waals surface area contributed by atoms with Gasteiger partial charge >= 0.3 is 0 Å². The highest BCUT2D eigenvalue weighted by Crippen LogP contribution is 2.13. The largest absolute Gasteiger partial charge is 0.378 e. The first kappa shape index (κ1) is 13.2. The normalized spacial score (nSPS) is 16.4. The fourth-order valence-electron chi connectivity index (χ4n) is 2.23. The van der Waals surface area contributed by atoms with Crippen LogP contribution in [0.5, 0.6) is 0 Å². The Morgan fingerprint density at radius 1 is 1.30 bits per heavy atom. The van der Waals surface area contributed by atoms with Crippen molar-refractivity contribution in [3.8, 4) is 11.5 Å². The smallest absolute Gasteiger partial charge is 0.229 e. The van der Waals surface area contributed by atoms with Crippen LogP contribution in [-0.4, -0.2) is 40.9 Å². The summed E-state index contributed by atoms with van der Waals surface area (Å²) in [5, 5.41) is 7.25. The highest BCUT2D eigenvalue weighted by atomic mass is 16.5. The summed E-state index contributed by atoms with van der Waals surface area (Å²) in [4.78, 5) is 8.52. The quantitative estimate of drug-likeness (QED) is 0.889. The van der Waals surface area contributed by atoms with Crippen LogP contribution in [0.15, 0.2) is 28.9 Å². The molecule has 1 N–H and O–H groups in total. The summed E-state index contributed by atoms with van der Waals surface area (Å²) in [6, 6.07) is 5.62. The van der Waals surface area contributed by atoms with Crippen molar-refractivity contribution in [1.82, 2.24) is 20.4 Å². The van der Waals surface area contributed by atoms with E-state index >= 15 is 0 Å². The van der Waals surface area contributed by atoms with Crippen molar-refractivity contribution >= 4 is 0 Å². The second-order valence-corrected chi connectivity index (χ2v) is 4.80. The van der Waals surface area contributed by atoms with Gasteiger partial charge in [-0.15, -0.1) is 0 Å². The first-order chi connectivity index (χ1) is 9.92. The lowest BCUT2D eigenvalue weighted by atomic mass is 10.1. The maximum atomic E-state index is 5.82. The van der Waals surface area contributed by atoms with Crippen molar-refractivity contribution in [2.45, 2.75) is 25.4 Å². The molecule has 0 bridgehead atoms. The summed E-state index contributed by atoms with van der Waals surface area (Å²) in [6.07, 6.45) is 4.86. The van der Waals surface area contributed by atoms with Crippen LogP contribution in [0.25, 0.3) is 11.5 Å². The van der Waals surface area contributed by atoms with Gasteiger partial charge in [-0.2, -0.15) is 4.98 Å². The molecule has 1 aliphatic rings. The van der Waals surface area contributed by atoms with Gasteiger partial charge in [-0.1, -0.05) is 11.2 Å². The third-order valence-electron chi connectivity index (χ3n) is 3.32. The Morgan fingerprint density at radius 2 is 2.20 bits per heavy atom. The van der Waals surface area contributed by atoms with E-state index in [-0.39, 0.29) is 0 Å². The molecule has 2 aromatic heterocycles. The number of nitrogens with one attached hydrogen (secondary N) is 1. The van der Waals surface area contributed by atoms with Gasteiger partial charge in [-0.05, 0) is 38.1 Å². The first-order valence-corrected chi connectivity index (χ1v) is 6.98. The van der Waals surface area contributed by atoms with Crippen LogP contribution < -0.4 is 5.32 Å². The molecule has 3 rings (SSSR count). The molecule has 2 aromatic rings. The highest BCUT2D eigenvalue weighted by Gasteiger charge is 2.14. The summed E-state index contributed by atoms with van der Waals surface area (Å²) in [6.45, 7) is 2.69. The van der Waals surface area contributed by atoms with E-state index in [4.69, 9.17) is 9.26 Å². The molecular weight excluding hydrogens is 256 g/mol. The molecule has 1 saturated heterocycles. The van der Waals surface area contributed by atoms with E-state index < -0.39 is 0 Å². The lowest BCUT2D eigenvalue weighted by Crippen LogP contribution is -2.32. The van der Waals surface area contributed by atoms with Crippen LogP contribution in [0.3, 0.4) is 0 Å². The summed E-state index contributed by atoms with van der Waals surface area (Å²) in [7, 11) is 0. The van der Waals surface area contributed by atoms with E-state index in [1.807, 2.05) is 18.2 Å². The molecule has 0 amide bonds. The summed E-state index contributed by atoms with van der Waals surface area (Å²) < 4.78 is 11.0. The average molecular weight is 274 g/mol. The Morgan fingerprint density at radius 3 is 3.00 bits per heavy atom. The second kappa shape index (κ2) is 6.58. The number of pyridine rings is 1. The van der Waals surface area contributed by atoms with Gasteiger partial charge in [-0.3, -0.25) is 4.98 Å². The molecule has 0 aliphatic carbocycles. The minimum absolute atomic E-state index is 0.356. The van der Waals surface area contributed by atoms with Gasteiger partial charge in [0.2, 0.25) is 11.7 Å². The van der Waals surface area contributed by atoms with Gasteiger partial charge in [0.05, 0.1) is 19.1 Å². The van der Waals surface area contributed by atoms with Crippen molar-refractivity contribution in [3.05, 3.63) is 30.3 Å². The lowest BCUT2D eigenvalue weighted by Gasteiger charge is -2.22. The Kier molecular flexibility index (Phi) is 4.35. The van der Waals surface area contributed by atoms with Crippen molar-refractivity contribution in [1.29, 1.82) is 0 Å². The zero-order chi connectivity index (χ0) is 13.6. The van der Waals surface area contributed by atoms with Crippen LogP contribution in [0.2, 0.25) is 0 Å². The standard InChI is InChI=1S/C14H18N4O2/c1-2-7-16-12(3-1)14-17-13(20-18-14)6-10-19-11-4-8-15-9-5-11/h1-3,7,11,15H,4-6,8-10H2. The Balaban J connectivity index is 1.50. The molecule has 6 nitrogen and oxygen atoms in total. The molecule has 0 saturated carbocycles. The number of hydrogen-bond donors (Lipinski definition) is 1. The van der Waals surface area contributed by atoms with Crippen LogP contribution in [0.4, 0.5) is 0 Å². The summed E-state index contributed by atoms with van der Waals surface area (Å²) >= 11 is 0. The van der Waals surface area contributed by atoms with E-state index in [9.17, 15) is 0 Å². The molecule has 0 spiro atoms. The predicted octanol–water partition coefficient (Wildman–Crippen LogP) is 1.44. The number of hydrogen-bond acceptors (Lipinski definition) is 6. The number of rotatable bonds is 5. The number of nitrogens with zero attached hydrogens (tertiary/aromatic N) is 3. The maximum absolute atomic E-state index is 5.82. The average Bonchev–Trinajstić information content (AvgIpc) is 2.98. The van der Waals surface area contributed by atoms with Gasteiger partial charge in [0.1, 0.15) is 5.69 Å². The molecule has 1 aliphatic heterocycles. The van der Waals surface area contributed by atoms with Crippen molar-refractivity contribution in [2.75, 3.05) is 19.7 Å². The minimum atomic E-state index is 0.356. The van der Waals surface area contributed by atoms with Gasteiger partial charge in [0.15, 0.2) is 0 Å². The topological polar surface area (TPSA) is 73.1 Å². The van der Waals surface area contributed by atoms with Crippen molar-refractivity contribution in [3.63, 3.8) is 0 Å². The number of ether oxygens (including phenoxy) is 1. The van der Waals surface area contributed by atoms with Crippen LogP contribution in [0, 0.1) is 0 Å². The van der Waals surface area contributed by atoms with Gasteiger partial charge in [-0.25, -0.2) is 0 Å².